The first-order valence-electron chi connectivity index (χ1n) is 6.29. The Morgan fingerprint density at radius 1 is 1.38 bits per heavy atom. The zero-order valence-electron chi connectivity index (χ0n) is 11.0. The maximum Gasteiger partial charge on any atom is 0.303 e. The SMILES string of the molecule is O=C(O)CCCNC(=S)N=Nc1c(O)[nH]c2ccccc12. The highest BCUT2D eigenvalue weighted by Crippen LogP contribution is 2.35. The average Bonchev–Trinajstić information content (AvgIpc) is 2.76. The molecule has 0 amide bonds. The summed E-state index contributed by atoms with van der Waals surface area (Å²) in [5, 5.41) is 29.7. The Labute approximate surface area is 125 Å². The normalized spacial score (nSPS) is 11.0. The van der Waals surface area contributed by atoms with Crippen molar-refractivity contribution >= 4 is 39.9 Å². The molecule has 1 aromatic heterocycles. The monoisotopic (exact) mass is 306 g/mol. The van der Waals surface area contributed by atoms with Gasteiger partial charge in [0.2, 0.25) is 11.0 Å². The molecular formula is C13H14N4O3S. The van der Waals surface area contributed by atoms with Gasteiger partial charge in [-0.25, -0.2) is 0 Å². The Kier molecular flexibility index (Phi) is 4.83. The first-order valence-corrected chi connectivity index (χ1v) is 6.70. The lowest BCUT2D eigenvalue weighted by atomic mass is 10.2. The van der Waals surface area contributed by atoms with Crippen molar-refractivity contribution in [3.63, 3.8) is 0 Å². The fraction of sp³-hybridized carbons (Fsp3) is 0.231. The minimum Gasteiger partial charge on any atom is -0.493 e. The van der Waals surface area contributed by atoms with Crippen molar-refractivity contribution in [3.8, 4) is 5.88 Å². The molecule has 1 aromatic carbocycles. The molecule has 0 radical (unpaired) electrons. The molecule has 0 saturated heterocycles. The molecule has 0 atom stereocenters. The van der Waals surface area contributed by atoms with E-state index in [-0.39, 0.29) is 17.4 Å². The molecule has 0 fully saturated rings. The first kappa shape index (κ1) is 14.9. The van der Waals surface area contributed by atoms with Crippen molar-refractivity contribution in [2.24, 2.45) is 10.2 Å². The number of azo groups is 1. The number of H-pyrrole nitrogens is 1. The summed E-state index contributed by atoms with van der Waals surface area (Å²) in [6, 6.07) is 7.30. The lowest BCUT2D eigenvalue weighted by Gasteiger charge is -2.00. The van der Waals surface area contributed by atoms with Gasteiger partial charge in [0.1, 0.15) is 0 Å². The summed E-state index contributed by atoms with van der Waals surface area (Å²) in [7, 11) is 0. The van der Waals surface area contributed by atoms with E-state index in [9.17, 15) is 9.90 Å². The van der Waals surface area contributed by atoms with E-state index in [1.807, 2.05) is 24.3 Å². The smallest absolute Gasteiger partial charge is 0.303 e. The number of aliphatic carboxylic acids is 1. The third kappa shape index (κ3) is 3.99. The van der Waals surface area contributed by atoms with Crippen LogP contribution in [0.1, 0.15) is 12.8 Å². The van der Waals surface area contributed by atoms with Gasteiger partial charge in [-0.05, 0) is 24.7 Å². The summed E-state index contributed by atoms with van der Waals surface area (Å²) in [4.78, 5) is 13.1. The molecule has 0 spiro atoms. The quantitative estimate of drug-likeness (QED) is 0.386. The molecule has 0 saturated carbocycles. The van der Waals surface area contributed by atoms with Gasteiger partial charge in [0.05, 0.1) is 5.52 Å². The van der Waals surface area contributed by atoms with Gasteiger partial charge < -0.3 is 20.5 Å². The summed E-state index contributed by atoms with van der Waals surface area (Å²) < 4.78 is 0. The Bertz CT molecular complexity index is 696. The van der Waals surface area contributed by atoms with Crippen LogP contribution in [0.5, 0.6) is 5.88 Å². The summed E-state index contributed by atoms with van der Waals surface area (Å²) >= 11 is 4.96. The molecule has 2 rings (SSSR count). The zero-order valence-corrected chi connectivity index (χ0v) is 11.9. The van der Waals surface area contributed by atoms with Crippen LogP contribution >= 0.6 is 12.2 Å². The van der Waals surface area contributed by atoms with E-state index in [1.54, 1.807) is 0 Å². The van der Waals surface area contributed by atoms with Crippen molar-refractivity contribution in [1.29, 1.82) is 0 Å². The van der Waals surface area contributed by atoms with Crippen molar-refractivity contribution in [2.75, 3.05) is 6.54 Å². The Hall–Kier alpha value is -2.48. The highest BCUT2D eigenvalue weighted by molar-refractivity contribution is 7.80. The maximum atomic E-state index is 10.4. The van der Waals surface area contributed by atoms with Crippen LogP contribution in [0.15, 0.2) is 34.5 Å². The van der Waals surface area contributed by atoms with Crippen molar-refractivity contribution < 1.29 is 15.0 Å². The predicted molar refractivity (Wildman–Crippen MR) is 82.0 cm³/mol. The molecule has 0 bridgehead atoms. The lowest BCUT2D eigenvalue weighted by molar-refractivity contribution is -0.137. The Morgan fingerprint density at radius 3 is 2.90 bits per heavy atom. The van der Waals surface area contributed by atoms with E-state index in [0.717, 1.165) is 10.9 Å². The van der Waals surface area contributed by atoms with Crippen LogP contribution in [0.25, 0.3) is 10.9 Å². The second-order valence-corrected chi connectivity index (χ2v) is 4.68. The van der Waals surface area contributed by atoms with Crippen LogP contribution in [-0.2, 0) is 4.79 Å². The average molecular weight is 306 g/mol. The van der Waals surface area contributed by atoms with Gasteiger partial charge in [-0.1, -0.05) is 18.2 Å². The van der Waals surface area contributed by atoms with Gasteiger partial charge >= 0.3 is 5.97 Å². The molecule has 8 heteroatoms. The van der Waals surface area contributed by atoms with Gasteiger partial charge in [0.25, 0.3) is 0 Å². The first-order chi connectivity index (χ1) is 10.1. The fourth-order valence-electron chi connectivity index (χ4n) is 1.78. The van der Waals surface area contributed by atoms with E-state index in [1.165, 1.54) is 0 Å². The van der Waals surface area contributed by atoms with Crippen LogP contribution < -0.4 is 5.32 Å². The Morgan fingerprint density at radius 2 is 2.14 bits per heavy atom. The van der Waals surface area contributed by atoms with Crippen molar-refractivity contribution in [1.82, 2.24) is 10.3 Å². The van der Waals surface area contributed by atoms with Crippen LogP contribution in [0.2, 0.25) is 0 Å². The van der Waals surface area contributed by atoms with Crippen LogP contribution in [-0.4, -0.2) is 32.8 Å². The molecule has 0 aliphatic carbocycles. The third-order valence-electron chi connectivity index (χ3n) is 2.74. The number of hydrogen-bond acceptors (Lipinski definition) is 4. The van der Waals surface area contributed by atoms with Crippen LogP contribution in [0.3, 0.4) is 0 Å². The van der Waals surface area contributed by atoms with E-state index in [2.05, 4.69) is 20.5 Å². The topological polar surface area (TPSA) is 110 Å². The molecule has 21 heavy (non-hydrogen) atoms. The van der Waals surface area contributed by atoms with E-state index in [4.69, 9.17) is 17.3 Å². The minimum absolute atomic E-state index is 0.0655. The number of hydrogen-bond donors (Lipinski definition) is 4. The number of benzene rings is 1. The molecule has 0 unspecified atom stereocenters. The van der Waals surface area contributed by atoms with Crippen molar-refractivity contribution in [2.45, 2.75) is 12.8 Å². The van der Waals surface area contributed by atoms with Gasteiger partial charge in [0, 0.05) is 18.4 Å². The standard InChI is InChI=1S/C13H14N4O3S/c18-10(19)6-3-7-14-13(21)17-16-11-8-4-1-2-5-9(8)15-12(11)20/h1-2,4-5,15,20H,3,6-7H2,(H,14,21)(H,18,19). The van der Waals surface area contributed by atoms with Crippen LogP contribution in [0, 0.1) is 0 Å². The largest absolute Gasteiger partial charge is 0.493 e. The molecule has 2 aromatic rings. The summed E-state index contributed by atoms with van der Waals surface area (Å²) in [6.45, 7) is 0.407. The number of carboxylic acids is 1. The maximum absolute atomic E-state index is 10.4. The summed E-state index contributed by atoms with van der Waals surface area (Å²) in [5.41, 5.74) is 1.07. The zero-order chi connectivity index (χ0) is 15.2. The highest BCUT2D eigenvalue weighted by Gasteiger charge is 2.09. The third-order valence-corrected chi connectivity index (χ3v) is 2.97. The number of para-hydroxylation sites is 1. The molecular weight excluding hydrogens is 292 g/mol. The number of fused-ring (bicyclic) bond motifs is 1. The Balaban J connectivity index is 1.98. The van der Waals surface area contributed by atoms with E-state index in [0.29, 0.717) is 18.7 Å². The molecule has 1 heterocycles. The molecule has 0 aliphatic rings. The highest BCUT2D eigenvalue weighted by atomic mass is 32.1. The number of nitrogens with zero attached hydrogens (tertiary/aromatic N) is 2. The summed E-state index contributed by atoms with van der Waals surface area (Å²) in [6.07, 6.45) is 0.513. The molecule has 7 nitrogen and oxygen atoms in total. The second kappa shape index (κ2) is 6.80. The number of thiocarbonyl (C=S) groups is 1. The predicted octanol–water partition coefficient (Wildman–Crippen LogP) is 2.70. The number of carboxylic acid groups (broad SMARTS) is 1. The number of carbonyl (C=O) groups is 1. The lowest BCUT2D eigenvalue weighted by Crippen LogP contribution is -2.20. The number of rotatable bonds is 5. The van der Waals surface area contributed by atoms with Gasteiger partial charge in [-0.3, -0.25) is 4.79 Å². The number of aromatic nitrogens is 1. The number of aromatic hydroxyl groups is 1. The fourth-order valence-corrected chi connectivity index (χ4v) is 1.92. The van der Waals surface area contributed by atoms with Crippen LogP contribution in [0.4, 0.5) is 5.69 Å². The minimum atomic E-state index is -0.854. The molecule has 0 aliphatic heterocycles. The van der Waals surface area contributed by atoms with Gasteiger partial charge in [-0.2, -0.15) is 0 Å². The van der Waals surface area contributed by atoms with E-state index < -0.39 is 5.97 Å². The summed E-state index contributed by atoms with van der Waals surface area (Å²) in [5.74, 6) is -0.929. The second-order valence-electron chi connectivity index (χ2n) is 4.30. The molecule has 110 valence electrons. The number of nitrogens with one attached hydrogen (secondary N) is 2. The van der Waals surface area contributed by atoms with E-state index >= 15 is 0 Å². The van der Waals surface area contributed by atoms with Gasteiger partial charge in [0.15, 0.2) is 5.69 Å². The van der Waals surface area contributed by atoms with Crippen molar-refractivity contribution in [3.05, 3.63) is 24.3 Å². The number of aromatic amines is 1. The molecule has 4 N–H and O–H groups in total. The van der Waals surface area contributed by atoms with Gasteiger partial charge in [-0.15, -0.1) is 10.2 Å².